The molecule has 0 radical (unpaired) electrons. The van der Waals surface area contributed by atoms with Crippen molar-refractivity contribution >= 4 is 22.4 Å². The maximum atomic E-state index is 12.9. The molecule has 0 bridgehead atoms. The summed E-state index contributed by atoms with van der Waals surface area (Å²) in [6, 6.07) is 14.5. The van der Waals surface area contributed by atoms with Gasteiger partial charge in [0, 0.05) is 35.1 Å². The molecular weight excluding hydrogens is 327 g/mol. The summed E-state index contributed by atoms with van der Waals surface area (Å²) >= 11 is 0. The maximum absolute atomic E-state index is 12.9. The molecule has 1 aromatic heterocycles. The number of benzene rings is 2. The SMILES string of the molecule is O=C(NCc1ccc(F)cc1)[C@@H]1CC=C(c2c[nH]c3ccccc23)CC1. The standard InChI is InChI=1S/C22H21FN2O/c23-18-11-5-15(6-12-18)13-25-22(26)17-9-7-16(8-10-17)20-14-24-21-4-2-1-3-19(20)21/h1-7,11-12,14,17,24H,8-10,13H2,(H,25,26)/t17-/m1/s1. The highest BCUT2D eigenvalue weighted by atomic mass is 19.1. The molecule has 0 unspecified atom stereocenters. The maximum Gasteiger partial charge on any atom is 0.223 e. The molecule has 4 heteroatoms. The van der Waals surface area contributed by atoms with E-state index in [2.05, 4.69) is 40.8 Å². The van der Waals surface area contributed by atoms with Crippen LogP contribution in [0, 0.1) is 11.7 Å². The lowest BCUT2D eigenvalue weighted by Gasteiger charge is -2.21. The number of rotatable bonds is 4. The van der Waals surface area contributed by atoms with Gasteiger partial charge in [0.1, 0.15) is 5.82 Å². The molecule has 3 nitrogen and oxygen atoms in total. The summed E-state index contributed by atoms with van der Waals surface area (Å²) < 4.78 is 12.9. The molecule has 132 valence electrons. The van der Waals surface area contributed by atoms with Crippen LogP contribution in [0.4, 0.5) is 4.39 Å². The molecule has 0 saturated carbocycles. The minimum absolute atomic E-state index is 0.00408. The number of para-hydroxylation sites is 1. The number of amides is 1. The van der Waals surface area contributed by atoms with Gasteiger partial charge in [-0.2, -0.15) is 0 Å². The normalized spacial score (nSPS) is 17.1. The summed E-state index contributed by atoms with van der Waals surface area (Å²) in [4.78, 5) is 15.7. The van der Waals surface area contributed by atoms with E-state index in [0.29, 0.717) is 6.54 Å². The van der Waals surface area contributed by atoms with Gasteiger partial charge in [-0.25, -0.2) is 4.39 Å². The Balaban J connectivity index is 1.39. The predicted octanol–water partition coefficient (Wildman–Crippen LogP) is 4.81. The molecule has 4 rings (SSSR count). The number of aromatic nitrogens is 1. The quantitative estimate of drug-likeness (QED) is 0.698. The van der Waals surface area contributed by atoms with Crippen LogP contribution in [0.25, 0.3) is 16.5 Å². The summed E-state index contributed by atoms with van der Waals surface area (Å²) in [5, 5.41) is 4.20. The Morgan fingerprint density at radius 3 is 2.73 bits per heavy atom. The Kier molecular flexibility index (Phi) is 4.57. The van der Waals surface area contributed by atoms with Gasteiger partial charge >= 0.3 is 0 Å². The number of H-pyrrole nitrogens is 1. The average molecular weight is 348 g/mol. The van der Waals surface area contributed by atoms with Gasteiger partial charge in [-0.1, -0.05) is 36.4 Å². The van der Waals surface area contributed by atoms with Gasteiger partial charge in [0.15, 0.2) is 0 Å². The van der Waals surface area contributed by atoms with E-state index in [-0.39, 0.29) is 17.6 Å². The van der Waals surface area contributed by atoms with E-state index in [1.165, 1.54) is 28.7 Å². The first-order valence-electron chi connectivity index (χ1n) is 8.98. The van der Waals surface area contributed by atoms with Gasteiger partial charge in [0.2, 0.25) is 5.91 Å². The number of allylic oxidation sites excluding steroid dienone is 2. The lowest BCUT2D eigenvalue weighted by Crippen LogP contribution is -2.31. The number of halogens is 1. The van der Waals surface area contributed by atoms with E-state index in [4.69, 9.17) is 0 Å². The molecule has 1 aliphatic carbocycles. The lowest BCUT2D eigenvalue weighted by atomic mass is 9.86. The first kappa shape index (κ1) is 16.6. The van der Waals surface area contributed by atoms with Crippen molar-refractivity contribution in [3.05, 3.63) is 77.7 Å². The summed E-state index contributed by atoms with van der Waals surface area (Å²) in [5.41, 5.74) is 4.60. The van der Waals surface area contributed by atoms with Crippen molar-refractivity contribution < 1.29 is 9.18 Å². The fraction of sp³-hybridized carbons (Fsp3) is 0.227. The van der Waals surface area contributed by atoms with Gasteiger partial charge in [-0.15, -0.1) is 0 Å². The number of hydrogen-bond donors (Lipinski definition) is 2. The van der Waals surface area contributed by atoms with Crippen molar-refractivity contribution in [3.8, 4) is 0 Å². The van der Waals surface area contributed by atoms with Gasteiger partial charge in [0.05, 0.1) is 0 Å². The van der Waals surface area contributed by atoms with Crippen molar-refractivity contribution in [2.24, 2.45) is 5.92 Å². The van der Waals surface area contributed by atoms with Crippen LogP contribution >= 0.6 is 0 Å². The van der Waals surface area contributed by atoms with Crippen LogP contribution in [0.15, 0.2) is 60.8 Å². The molecule has 3 aromatic rings. The second-order valence-corrected chi connectivity index (χ2v) is 6.79. The fourth-order valence-corrected chi connectivity index (χ4v) is 3.59. The zero-order valence-electron chi connectivity index (χ0n) is 14.5. The van der Waals surface area contributed by atoms with Crippen molar-refractivity contribution in [1.29, 1.82) is 0 Å². The molecule has 26 heavy (non-hydrogen) atoms. The monoisotopic (exact) mass is 348 g/mol. The number of hydrogen-bond acceptors (Lipinski definition) is 1. The minimum Gasteiger partial charge on any atom is -0.361 e. The third-order valence-electron chi connectivity index (χ3n) is 5.10. The molecule has 2 N–H and O–H groups in total. The largest absolute Gasteiger partial charge is 0.361 e. The Morgan fingerprint density at radius 2 is 1.96 bits per heavy atom. The van der Waals surface area contributed by atoms with E-state index < -0.39 is 0 Å². The molecule has 1 heterocycles. The molecule has 2 aromatic carbocycles. The number of fused-ring (bicyclic) bond motifs is 1. The van der Waals surface area contributed by atoms with E-state index in [9.17, 15) is 9.18 Å². The predicted molar refractivity (Wildman–Crippen MR) is 102 cm³/mol. The Morgan fingerprint density at radius 1 is 1.15 bits per heavy atom. The van der Waals surface area contributed by atoms with Gasteiger partial charge in [-0.3, -0.25) is 4.79 Å². The van der Waals surface area contributed by atoms with Crippen LogP contribution < -0.4 is 5.32 Å². The molecule has 1 aliphatic rings. The topological polar surface area (TPSA) is 44.9 Å². The van der Waals surface area contributed by atoms with Gasteiger partial charge < -0.3 is 10.3 Å². The van der Waals surface area contributed by atoms with Crippen LogP contribution in [0.1, 0.15) is 30.4 Å². The zero-order chi connectivity index (χ0) is 17.9. The van der Waals surface area contributed by atoms with Crippen molar-refractivity contribution in [1.82, 2.24) is 10.3 Å². The van der Waals surface area contributed by atoms with Gasteiger partial charge in [-0.05, 0) is 48.6 Å². The summed E-state index contributed by atoms with van der Waals surface area (Å²) in [7, 11) is 0. The molecule has 1 atom stereocenters. The van der Waals surface area contributed by atoms with E-state index in [0.717, 1.165) is 30.3 Å². The molecule has 0 aliphatic heterocycles. The third-order valence-corrected chi connectivity index (χ3v) is 5.10. The molecule has 0 spiro atoms. The smallest absolute Gasteiger partial charge is 0.223 e. The van der Waals surface area contributed by atoms with Gasteiger partial charge in [0.25, 0.3) is 0 Å². The number of carbonyl (C=O) groups is 1. The Labute approximate surface area is 151 Å². The first-order valence-corrected chi connectivity index (χ1v) is 8.98. The van der Waals surface area contributed by atoms with E-state index in [1.54, 1.807) is 12.1 Å². The molecular formula is C22H21FN2O. The molecule has 1 amide bonds. The van der Waals surface area contributed by atoms with Crippen LogP contribution in [-0.2, 0) is 11.3 Å². The summed E-state index contributed by atoms with van der Waals surface area (Å²) in [6.07, 6.45) is 6.76. The fourth-order valence-electron chi connectivity index (χ4n) is 3.59. The number of aromatic amines is 1. The van der Waals surface area contributed by atoms with E-state index >= 15 is 0 Å². The van der Waals surface area contributed by atoms with Crippen molar-refractivity contribution in [3.63, 3.8) is 0 Å². The van der Waals surface area contributed by atoms with Crippen LogP contribution in [0.5, 0.6) is 0 Å². The van der Waals surface area contributed by atoms with Crippen molar-refractivity contribution in [2.45, 2.75) is 25.8 Å². The van der Waals surface area contributed by atoms with Crippen LogP contribution in [0.3, 0.4) is 0 Å². The number of nitrogens with one attached hydrogen (secondary N) is 2. The van der Waals surface area contributed by atoms with Crippen molar-refractivity contribution in [2.75, 3.05) is 0 Å². The van der Waals surface area contributed by atoms with Crippen LogP contribution in [0.2, 0.25) is 0 Å². The Hall–Kier alpha value is -2.88. The Bertz CT molecular complexity index is 956. The zero-order valence-corrected chi connectivity index (χ0v) is 14.5. The lowest BCUT2D eigenvalue weighted by molar-refractivity contribution is -0.125. The van der Waals surface area contributed by atoms with E-state index in [1.807, 2.05) is 6.07 Å². The number of carbonyl (C=O) groups excluding carboxylic acids is 1. The average Bonchev–Trinajstić information content (AvgIpc) is 3.11. The second kappa shape index (κ2) is 7.16. The highest BCUT2D eigenvalue weighted by molar-refractivity contribution is 5.93. The first-order chi connectivity index (χ1) is 12.7. The van der Waals surface area contributed by atoms with Crippen LogP contribution in [-0.4, -0.2) is 10.9 Å². The second-order valence-electron chi connectivity index (χ2n) is 6.79. The molecule has 0 fully saturated rings. The third kappa shape index (κ3) is 3.40. The summed E-state index contributed by atoms with van der Waals surface area (Å²) in [6.45, 7) is 0.439. The highest BCUT2D eigenvalue weighted by Gasteiger charge is 2.22. The minimum atomic E-state index is -0.262. The molecule has 0 saturated heterocycles. The summed E-state index contributed by atoms with van der Waals surface area (Å²) in [5.74, 6) is -0.185. The highest BCUT2D eigenvalue weighted by Crippen LogP contribution is 2.34.